The van der Waals surface area contributed by atoms with Crippen molar-refractivity contribution >= 4 is 23.6 Å². The van der Waals surface area contributed by atoms with Gasteiger partial charge in [0.1, 0.15) is 11.1 Å². The molecule has 0 aliphatic carbocycles. The predicted molar refractivity (Wildman–Crippen MR) is 114 cm³/mol. The molecule has 1 aromatic carbocycles. The van der Waals surface area contributed by atoms with Crippen molar-refractivity contribution in [3.05, 3.63) is 29.6 Å². The van der Waals surface area contributed by atoms with E-state index < -0.39 is 5.25 Å². The third kappa shape index (κ3) is 4.01. The number of hydrogen-bond acceptors (Lipinski definition) is 9. The van der Waals surface area contributed by atoms with Crippen LogP contribution in [0.1, 0.15) is 35.1 Å². The first-order chi connectivity index (χ1) is 15.0. The van der Waals surface area contributed by atoms with E-state index in [9.17, 15) is 9.59 Å². The molecular weight excluding hydrogens is 420 g/mol. The van der Waals surface area contributed by atoms with E-state index >= 15 is 0 Å². The molecule has 0 N–H and O–H groups in total. The molecule has 1 saturated heterocycles. The van der Waals surface area contributed by atoms with E-state index in [1.54, 1.807) is 21.1 Å². The molecule has 0 bridgehead atoms. The molecule has 2 aromatic rings. The highest BCUT2D eigenvalue weighted by molar-refractivity contribution is 8.00. The molecular formula is C21H26N4O5S. The number of nitrogens with zero attached hydrogens (tertiary/aromatic N) is 4. The molecule has 2 atom stereocenters. The van der Waals surface area contributed by atoms with Crippen molar-refractivity contribution in [1.82, 2.24) is 19.7 Å². The Bertz CT molecular complexity index is 986. The van der Waals surface area contributed by atoms with Gasteiger partial charge in [0.2, 0.25) is 0 Å². The molecule has 2 aliphatic rings. The number of thioether (sulfide) groups is 1. The van der Waals surface area contributed by atoms with Crippen LogP contribution in [0, 0.1) is 12.8 Å². The van der Waals surface area contributed by atoms with Crippen LogP contribution in [-0.4, -0.2) is 71.2 Å². The smallest absolute Gasteiger partial charge is 0.308 e. The van der Waals surface area contributed by atoms with Crippen LogP contribution in [0.4, 0.5) is 0 Å². The second kappa shape index (κ2) is 8.88. The molecule has 3 heterocycles. The second-order valence-corrected chi connectivity index (χ2v) is 8.73. The highest BCUT2D eigenvalue weighted by Crippen LogP contribution is 2.43. The summed E-state index contributed by atoms with van der Waals surface area (Å²) in [6.07, 6.45) is 1.37. The highest BCUT2D eigenvalue weighted by Gasteiger charge is 2.44. The topological polar surface area (TPSA) is 95.8 Å². The lowest BCUT2D eigenvalue weighted by Gasteiger charge is -2.38. The molecule has 4 rings (SSSR count). The van der Waals surface area contributed by atoms with Gasteiger partial charge in [0.25, 0.3) is 5.91 Å². The van der Waals surface area contributed by atoms with Crippen LogP contribution in [0.5, 0.6) is 11.5 Å². The molecule has 0 spiro atoms. The Morgan fingerprint density at radius 1 is 1.16 bits per heavy atom. The minimum atomic E-state index is -0.400. The zero-order valence-electron chi connectivity index (χ0n) is 18.0. The lowest BCUT2D eigenvalue weighted by atomic mass is 9.92. The van der Waals surface area contributed by atoms with Crippen LogP contribution in [0.15, 0.2) is 23.4 Å². The Hall–Kier alpha value is -2.59. The Labute approximate surface area is 185 Å². The number of carbonyl (C=O) groups is 2. The summed E-state index contributed by atoms with van der Waals surface area (Å²) in [5.74, 6) is 1.44. The van der Waals surface area contributed by atoms with E-state index in [1.807, 2.05) is 18.2 Å². The molecule has 2 unspecified atom stereocenters. The van der Waals surface area contributed by atoms with Gasteiger partial charge in [0.15, 0.2) is 16.7 Å². The maximum atomic E-state index is 13.2. The van der Waals surface area contributed by atoms with Crippen molar-refractivity contribution in [2.45, 2.75) is 36.2 Å². The molecule has 1 fully saturated rings. The van der Waals surface area contributed by atoms with E-state index in [0.29, 0.717) is 48.4 Å². The van der Waals surface area contributed by atoms with Crippen molar-refractivity contribution in [3.8, 4) is 11.5 Å². The van der Waals surface area contributed by atoms with Crippen molar-refractivity contribution in [1.29, 1.82) is 0 Å². The number of benzene rings is 1. The first kappa shape index (κ1) is 21.6. The maximum Gasteiger partial charge on any atom is 0.308 e. The SMILES string of the molecule is COC(=O)C1CCN(C(c2ccc(OC)c(OC)c2)C2Sc3nc(C)nn3C2=O)CC1. The molecule has 166 valence electrons. The van der Waals surface area contributed by atoms with Crippen LogP contribution in [0.2, 0.25) is 0 Å². The van der Waals surface area contributed by atoms with Gasteiger partial charge in [-0.15, -0.1) is 5.10 Å². The monoisotopic (exact) mass is 446 g/mol. The van der Waals surface area contributed by atoms with Crippen molar-refractivity contribution < 1.29 is 23.8 Å². The van der Waals surface area contributed by atoms with Gasteiger partial charge in [-0.05, 0) is 50.6 Å². The summed E-state index contributed by atoms with van der Waals surface area (Å²) in [6, 6.07) is 5.52. The molecule has 31 heavy (non-hydrogen) atoms. The van der Waals surface area contributed by atoms with Gasteiger partial charge in [-0.3, -0.25) is 14.5 Å². The fraction of sp³-hybridized carbons (Fsp3) is 0.524. The number of methoxy groups -OCH3 is 3. The Morgan fingerprint density at radius 3 is 2.48 bits per heavy atom. The first-order valence-electron chi connectivity index (χ1n) is 10.1. The normalized spacial score (nSPS) is 20.4. The Balaban J connectivity index is 1.66. The largest absolute Gasteiger partial charge is 0.493 e. The van der Waals surface area contributed by atoms with E-state index in [2.05, 4.69) is 15.0 Å². The third-order valence-electron chi connectivity index (χ3n) is 5.86. The number of likely N-dealkylation sites (tertiary alicyclic amines) is 1. The summed E-state index contributed by atoms with van der Waals surface area (Å²) >= 11 is 1.43. The molecule has 2 aliphatic heterocycles. The number of hydrogen-bond donors (Lipinski definition) is 0. The third-order valence-corrected chi connectivity index (χ3v) is 7.05. The lowest BCUT2D eigenvalue weighted by Crippen LogP contribution is -2.44. The number of fused-ring (bicyclic) bond motifs is 1. The van der Waals surface area contributed by atoms with Gasteiger partial charge in [0.05, 0.1) is 33.3 Å². The van der Waals surface area contributed by atoms with Gasteiger partial charge in [-0.2, -0.15) is 4.68 Å². The van der Waals surface area contributed by atoms with E-state index in [0.717, 1.165) is 5.56 Å². The number of aryl methyl sites for hydroxylation is 1. The van der Waals surface area contributed by atoms with E-state index in [-0.39, 0.29) is 23.8 Å². The van der Waals surface area contributed by atoms with Crippen LogP contribution in [0.3, 0.4) is 0 Å². The summed E-state index contributed by atoms with van der Waals surface area (Å²) in [5, 5.41) is 4.48. The molecule has 10 heteroatoms. The minimum absolute atomic E-state index is 0.0875. The average Bonchev–Trinajstić information content (AvgIpc) is 3.30. The van der Waals surface area contributed by atoms with Crippen molar-refractivity contribution in [2.24, 2.45) is 5.92 Å². The number of esters is 1. The second-order valence-electron chi connectivity index (χ2n) is 7.62. The number of aromatic nitrogens is 3. The summed E-state index contributed by atoms with van der Waals surface area (Å²) < 4.78 is 17.2. The van der Waals surface area contributed by atoms with Gasteiger partial charge >= 0.3 is 5.97 Å². The van der Waals surface area contributed by atoms with Crippen LogP contribution in [-0.2, 0) is 9.53 Å². The lowest BCUT2D eigenvalue weighted by molar-refractivity contribution is -0.147. The summed E-state index contributed by atoms with van der Waals surface area (Å²) in [7, 11) is 4.61. The molecule has 0 radical (unpaired) electrons. The Kier molecular flexibility index (Phi) is 6.19. The fourth-order valence-corrected chi connectivity index (χ4v) is 5.59. The molecule has 9 nitrogen and oxygen atoms in total. The quantitative estimate of drug-likeness (QED) is 0.620. The van der Waals surface area contributed by atoms with E-state index in [1.165, 1.54) is 23.6 Å². The molecule has 0 saturated carbocycles. The number of piperidine rings is 1. The number of rotatable bonds is 6. The van der Waals surface area contributed by atoms with Gasteiger partial charge in [0, 0.05) is 0 Å². The average molecular weight is 447 g/mol. The van der Waals surface area contributed by atoms with Gasteiger partial charge in [-0.1, -0.05) is 17.8 Å². The molecule has 1 aromatic heterocycles. The van der Waals surface area contributed by atoms with Crippen LogP contribution < -0.4 is 9.47 Å². The van der Waals surface area contributed by atoms with Gasteiger partial charge < -0.3 is 14.2 Å². The summed E-state index contributed by atoms with van der Waals surface area (Å²) in [5.41, 5.74) is 0.947. The zero-order chi connectivity index (χ0) is 22.1. The molecule has 0 amide bonds. The van der Waals surface area contributed by atoms with Crippen molar-refractivity contribution in [3.63, 3.8) is 0 Å². The van der Waals surface area contributed by atoms with Crippen LogP contribution in [0.25, 0.3) is 0 Å². The summed E-state index contributed by atoms with van der Waals surface area (Å²) in [6.45, 7) is 3.13. The minimum Gasteiger partial charge on any atom is -0.493 e. The number of carbonyl (C=O) groups excluding carboxylic acids is 2. The Morgan fingerprint density at radius 2 is 1.87 bits per heavy atom. The summed E-state index contributed by atoms with van der Waals surface area (Å²) in [4.78, 5) is 31.9. The standard InChI is InChI=1S/C21H26N4O5S/c1-12-22-21-25(23-12)19(26)18(31-21)17(14-5-6-15(28-2)16(11-14)29-3)24-9-7-13(8-10-24)20(27)30-4/h5-6,11,13,17-18H,7-10H2,1-4H3. The van der Waals surface area contributed by atoms with Crippen molar-refractivity contribution in [2.75, 3.05) is 34.4 Å². The zero-order valence-corrected chi connectivity index (χ0v) is 18.8. The van der Waals surface area contributed by atoms with Gasteiger partial charge in [-0.25, -0.2) is 4.98 Å². The van der Waals surface area contributed by atoms with E-state index in [4.69, 9.17) is 14.2 Å². The first-order valence-corrected chi connectivity index (χ1v) is 11.0. The van der Waals surface area contributed by atoms with Crippen LogP contribution >= 0.6 is 11.8 Å². The predicted octanol–water partition coefficient (Wildman–Crippen LogP) is 2.34. The highest BCUT2D eigenvalue weighted by atomic mass is 32.2. The number of ether oxygens (including phenoxy) is 3. The fourth-order valence-electron chi connectivity index (χ4n) is 4.29. The maximum absolute atomic E-state index is 13.2.